The maximum atomic E-state index is 5.64. The highest BCUT2D eigenvalue weighted by atomic mass is 16.5. The highest BCUT2D eigenvalue weighted by Crippen LogP contribution is 2.09. The Bertz CT molecular complexity index is 201. The molecule has 0 fully saturated rings. The van der Waals surface area contributed by atoms with Crippen molar-refractivity contribution in [3.05, 3.63) is 23.8 Å². The summed E-state index contributed by atoms with van der Waals surface area (Å²) in [7, 11) is 5.64. The third kappa shape index (κ3) is 2.41. The molecule has 12 heavy (non-hydrogen) atoms. The highest BCUT2D eigenvalue weighted by Gasteiger charge is 2.09. The number of rotatable bonds is 3. The van der Waals surface area contributed by atoms with Gasteiger partial charge < -0.3 is 9.64 Å². The van der Waals surface area contributed by atoms with Gasteiger partial charge in [-0.3, -0.25) is 0 Å². The van der Waals surface area contributed by atoms with E-state index in [9.17, 15) is 0 Å². The van der Waals surface area contributed by atoms with Crippen LogP contribution < -0.4 is 0 Å². The first-order valence-electron chi connectivity index (χ1n) is 4.25. The summed E-state index contributed by atoms with van der Waals surface area (Å²) in [5.41, 5.74) is 0.785. The average molecular weight is 163 g/mol. The van der Waals surface area contributed by atoms with E-state index in [-0.39, 0.29) is 6.23 Å². The van der Waals surface area contributed by atoms with E-state index >= 15 is 0 Å². The normalized spacial score (nSPS) is 19.2. The Kier molecular flexibility index (Phi) is 3.41. The molecule has 1 aliphatic rings. The topological polar surface area (TPSA) is 12.5 Å². The molecule has 1 heterocycles. The van der Waals surface area contributed by atoms with E-state index < -0.39 is 0 Å². The second-order valence-electron chi connectivity index (χ2n) is 2.78. The molecule has 0 amide bonds. The summed E-state index contributed by atoms with van der Waals surface area (Å²) in [5, 5.41) is 0. The second kappa shape index (κ2) is 4.36. The van der Waals surface area contributed by atoms with Crippen LogP contribution in [0.5, 0.6) is 0 Å². The summed E-state index contributed by atoms with van der Waals surface area (Å²) in [5.74, 6) is 0. The molecule has 0 N–H and O–H groups in total. The minimum Gasteiger partial charge on any atom is -0.359 e. The lowest BCUT2D eigenvalue weighted by molar-refractivity contribution is -0.0131. The number of allylic oxidation sites excluding steroid dienone is 2. The molecule has 0 aromatic heterocycles. The molecule has 0 aliphatic carbocycles. The van der Waals surface area contributed by atoms with Gasteiger partial charge in [-0.15, -0.1) is 0 Å². The SMILES string of the molecule is [B]C1=CN(C(C)OCC)CC=C1. The van der Waals surface area contributed by atoms with E-state index in [1.807, 2.05) is 32.2 Å². The smallest absolute Gasteiger partial charge is 0.127 e. The van der Waals surface area contributed by atoms with Gasteiger partial charge in [-0.25, -0.2) is 0 Å². The quantitative estimate of drug-likeness (QED) is 0.580. The molecule has 64 valence electrons. The van der Waals surface area contributed by atoms with Crippen molar-refractivity contribution in [3.63, 3.8) is 0 Å². The Morgan fingerprint density at radius 2 is 2.50 bits per heavy atom. The first kappa shape index (κ1) is 9.39. The lowest BCUT2D eigenvalue weighted by atomic mass is 9.95. The van der Waals surface area contributed by atoms with Crippen molar-refractivity contribution in [1.82, 2.24) is 4.90 Å². The van der Waals surface area contributed by atoms with Crippen molar-refractivity contribution in [2.75, 3.05) is 13.2 Å². The predicted octanol–water partition coefficient (Wildman–Crippen LogP) is 1.25. The van der Waals surface area contributed by atoms with Gasteiger partial charge in [-0.05, 0) is 20.0 Å². The number of nitrogens with zero attached hydrogens (tertiary/aromatic N) is 1. The van der Waals surface area contributed by atoms with E-state index in [0.29, 0.717) is 0 Å². The Morgan fingerprint density at radius 3 is 3.08 bits per heavy atom. The Hall–Kier alpha value is -0.695. The molecule has 1 atom stereocenters. The minimum atomic E-state index is 0.110. The third-order valence-corrected chi connectivity index (χ3v) is 1.82. The van der Waals surface area contributed by atoms with Gasteiger partial charge in [0.15, 0.2) is 0 Å². The van der Waals surface area contributed by atoms with Crippen molar-refractivity contribution < 1.29 is 4.74 Å². The van der Waals surface area contributed by atoms with Crippen LogP contribution in [0.4, 0.5) is 0 Å². The van der Waals surface area contributed by atoms with Crippen molar-refractivity contribution in [3.8, 4) is 0 Å². The van der Waals surface area contributed by atoms with Crippen LogP contribution in [0.25, 0.3) is 0 Å². The highest BCUT2D eigenvalue weighted by molar-refractivity contribution is 6.23. The van der Waals surface area contributed by atoms with Crippen LogP contribution in [0.2, 0.25) is 0 Å². The van der Waals surface area contributed by atoms with Crippen molar-refractivity contribution >= 4 is 7.85 Å². The lowest BCUT2D eigenvalue weighted by Crippen LogP contribution is -2.32. The van der Waals surface area contributed by atoms with Crippen LogP contribution in [0.15, 0.2) is 23.8 Å². The monoisotopic (exact) mass is 163 g/mol. The van der Waals surface area contributed by atoms with Gasteiger partial charge in [0.2, 0.25) is 0 Å². The van der Waals surface area contributed by atoms with Gasteiger partial charge in [-0.2, -0.15) is 0 Å². The summed E-state index contributed by atoms with van der Waals surface area (Å²) >= 11 is 0. The van der Waals surface area contributed by atoms with Crippen LogP contribution in [-0.4, -0.2) is 32.1 Å². The zero-order valence-corrected chi connectivity index (χ0v) is 7.66. The molecule has 0 aromatic carbocycles. The largest absolute Gasteiger partial charge is 0.359 e. The maximum Gasteiger partial charge on any atom is 0.127 e. The summed E-state index contributed by atoms with van der Waals surface area (Å²) in [6.45, 7) is 5.62. The standard InChI is InChI=1S/C9H14BNO/c1-3-12-8(2)11-6-4-5-9(10)7-11/h4-5,7-8H,3,6H2,1-2H3. The lowest BCUT2D eigenvalue weighted by Gasteiger charge is -2.28. The summed E-state index contributed by atoms with van der Waals surface area (Å²) in [6.07, 6.45) is 5.97. The summed E-state index contributed by atoms with van der Waals surface area (Å²) in [6, 6.07) is 0. The molecular weight excluding hydrogens is 149 g/mol. The maximum absolute atomic E-state index is 5.64. The third-order valence-electron chi connectivity index (χ3n) is 1.82. The number of ether oxygens (including phenoxy) is 1. The first-order valence-corrected chi connectivity index (χ1v) is 4.25. The molecule has 1 aliphatic heterocycles. The van der Waals surface area contributed by atoms with Gasteiger partial charge in [0.05, 0.1) is 0 Å². The molecule has 2 nitrogen and oxygen atoms in total. The van der Waals surface area contributed by atoms with Crippen molar-refractivity contribution in [2.24, 2.45) is 0 Å². The number of hydrogen-bond acceptors (Lipinski definition) is 2. The van der Waals surface area contributed by atoms with Gasteiger partial charge >= 0.3 is 0 Å². The molecule has 1 rings (SSSR count). The van der Waals surface area contributed by atoms with E-state index in [4.69, 9.17) is 12.6 Å². The van der Waals surface area contributed by atoms with Crippen molar-refractivity contribution in [2.45, 2.75) is 20.1 Å². The van der Waals surface area contributed by atoms with Gasteiger partial charge in [0.25, 0.3) is 0 Å². The van der Waals surface area contributed by atoms with Gasteiger partial charge in [0, 0.05) is 13.2 Å². The van der Waals surface area contributed by atoms with E-state index in [1.165, 1.54) is 0 Å². The molecule has 0 spiro atoms. The van der Waals surface area contributed by atoms with Crippen LogP contribution in [-0.2, 0) is 4.74 Å². The molecule has 0 aromatic rings. The van der Waals surface area contributed by atoms with Crippen LogP contribution in [0.1, 0.15) is 13.8 Å². The van der Waals surface area contributed by atoms with Crippen LogP contribution in [0.3, 0.4) is 0 Å². The zero-order valence-electron chi connectivity index (χ0n) is 7.66. The molecule has 3 heteroatoms. The summed E-state index contributed by atoms with van der Waals surface area (Å²) < 4.78 is 5.42. The molecule has 0 saturated heterocycles. The zero-order chi connectivity index (χ0) is 8.97. The van der Waals surface area contributed by atoms with Gasteiger partial charge in [-0.1, -0.05) is 17.6 Å². The van der Waals surface area contributed by atoms with E-state index in [0.717, 1.165) is 18.6 Å². The first-order chi connectivity index (χ1) is 5.74. The molecule has 2 radical (unpaired) electrons. The number of hydrogen-bond donors (Lipinski definition) is 0. The molecule has 1 unspecified atom stereocenters. The fourth-order valence-electron chi connectivity index (χ4n) is 1.19. The fraction of sp³-hybridized carbons (Fsp3) is 0.556. The Balaban J connectivity index is 2.48. The minimum absolute atomic E-state index is 0.110. The summed E-state index contributed by atoms with van der Waals surface area (Å²) in [4.78, 5) is 2.07. The Labute approximate surface area is 75.3 Å². The van der Waals surface area contributed by atoms with Crippen LogP contribution >= 0.6 is 0 Å². The Morgan fingerprint density at radius 1 is 1.75 bits per heavy atom. The van der Waals surface area contributed by atoms with Crippen LogP contribution in [0, 0.1) is 0 Å². The van der Waals surface area contributed by atoms with Gasteiger partial charge in [0.1, 0.15) is 14.1 Å². The fourth-order valence-corrected chi connectivity index (χ4v) is 1.19. The molecule has 0 saturated carbocycles. The predicted molar refractivity (Wildman–Crippen MR) is 50.8 cm³/mol. The average Bonchev–Trinajstić information content (AvgIpc) is 2.05. The second-order valence-corrected chi connectivity index (χ2v) is 2.78. The molecular formula is C9H14BNO. The van der Waals surface area contributed by atoms with Crippen molar-refractivity contribution in [1.29, 1.82) is 0 Å². The van der Waals surface area contributed by atoms with E-state index in [2.05, 4.69) is 4.90 Å². The van der Waals surface area contributed by atoms with E-state index in [1.54, 1.807) is 0 Å². The molecule has 0 bridgehead atoms.